The molecule has 2 N–H and O–H groups in total. The number of benzene rings is 1. The minimum absolute atomic E-state index is 0.0999. The molecule has 0 radical (unpaired) electrons. The fourth-order valence-electron chi connectivity index (χ4n) is 1.76. The molecule has 0 aliphatic heterocycles. The maximum atomic E-state index is 12.0. The van der Waals surface area contributed by atoms with Crippen LogP contribution in [-0.2, 0) is 18.4 Å². The molecule has 0 atom stereocenters. The van der Waals surface area contributed by atoms with Gasteiger partial charge in [-0.25, -0.2) is 4.79 Å². The van der Waals surface area contributed by atoms with Crippen molar-refractivity contribution in [1.82, 2.24) is 9.78 Å². The van der Waals surface area contributed by atoms with Crippen molar-refractivity contribution in [2.45, 2.75) is 13.5 Å². The summed E-state index contributed by atoms with van der Waals surface area (Å²) in [6.45, 7) is 1.97. The summed E-state index contributed by atoms with van der Waals surface area (Å²) >= 11 is 9.29. The Labute approximate surface area is 129 Å². The van der Waals surface area contributed by atoms with E-state index in [2.05, 4.69) is 21.0 Å². The van der Waals surface area contributed by atoms with Gasteiger partial charge >= 0.3 is 5.97 Å². The number of rotatable bonds is 3. The Kier molecular flexibility index (Phi) is 4.35. The highest BCUT2D eigenvalue weighted by Gasteiger charge is 2.16. The van der Waals surface area contributed by atoms with Crippen LogP contribution in [0.4, 0.5) is 5.69 Å². The van der Waals surface area contributed by atoms with Crippen LogP contribution in [0.2, 0.25) is 5.02 Å². The molecule has 5 nitrogen and oxygen atoms in total. The van der Waals surface area contributed by atoms with E-state index in [1.165, 1.54) is 0 Å². The molecule has 0 aliphatic carbocycles. The van der Waals surface area contributed by atoms with E-state index in [1.54, 1.807) is 29.9 Å². The zero-order chi connectivity index (χ0) is 14.9. The van der Waals surface area contributed by atoms with Gasteiger partial charge < -0.3 is 10.5 Å². The monoisotopic (exact) mass is 357 g/mol. The molecule has 1 heterocycles. The lowest BCUT2D eigenvalue weighted by Crippen LogP contribution is -2.10. The maximum absolute atomic E-state index is 12.0. The molecule has 106 valence electrons. The molecule has 2 aromatic rings. The number of hydrogen-bond donors (Lipinski definition) is 1. The summed E-state index contributed by atoms with van der Waals surface area (Å²) in [6.07, 6.45) is 0. The predicted molar refractivity (Wildman–Crippen MR) is 80.6 cm³/mol. The second-order valence-electron chi connectivity index (χ2n) is 4.25. The average molecular weight is 359 g/mol. The van der Waals surface area contributed by atoms with Crippen LogP contribution in [0.3, 0.4) is 0 Å². The Morgan fingerprint density at radius 1 is 1.55 bits per heavy atom. The van der Waals surface area contributed by atoms with Gasteiger partial charge in [-0.3, -0.25) is 4.68 Å². The number of aryl methyl sites for hydroxylation is 2. The lowest BCUT2D eigenvalue weighted by Gasteiger charge is -2.08. The first-order valence-electron chi connectivity index (χ1n) is 5.81. The lowest BCUT2D eigenvalue weighted by atomic mass is 10.2. The summed E-state index contributed by atoms with van der Waals surface area (Å²) in [6, 6.07) is 4.85. The van der Waals surface area contributed by atoms with Gasteiger partial charge in [-0.2, -0.15) is 5.10 Å². The van der Waals surface area contributed by atoms with Crippen molar-refractivity contribution in [2.24, 2.45) is 7.05 Å². The Morgan fingerprint density at radius 3 is 2.85 bits per heavy atom. The highest BCUT2D eigenvalue weighted by atomic mass is 79.9. The van der Waals surface area contributed by atoms with Crippen LogP contribution in [0.15, 0.2) is 22.7 Å². The number of hydrogen-bond acceptors (Lipinski definition) is 4. The number of nitrogens with two attached hydrogens (primary N) is 1. The van der Waals surface area contributed by atoms with Crippen molar-refractivity contribution < 1.29 is 9.53 Å². The van der Waals surface area contributed by atoms with Gasteiger partial charge in [0.05, 0.1) is 32.1 Å². The minimum atomic E-state index is -0.518. The molecule has 0 aliphatic rings. The molecular formula is C13H13BrClN3O2. The van der Waals surface area contributed by atoms with Gasteiger partial charge in [-0.15, -0.1) is 0 Å². The second-order valence-corrected chi connectivity index (χ2v) is 5.45. The Hall–Kier alpha value is -1.53. The third kappa shape index (κ3) is 2.81. The molecule has 0 unspecified atom stereocenters. The zero-order valence-electron chi connectivity index (χ0n) is 11.0. The zero-order valence-corrected chi connectivity index (χ0v) is 13.3. The first kappa shape index (κ1) is 14.9. The topological polar surface area (TPSA) is 70.1 Å². The molecule has 2 rings (SSSR count). The van der Waals surface area contributed by atoms with E-state index >= 15 is 0 Å². The molecule has 0 fully saturated rings. The van der Waals surface area contributed by atoms with E-state index in [0.29, 0.717) is 5.02 Å². The molecule has 0 saturated heterocycles. The molecule has 7 heteroatoms. The van der Waals surface area contributed by atoms with Gasteiger partial charge in [0.25, 0.3) is 0 Å². The van der Waals surface area contributed by atoms with Crippen molar-refractivity contribution in [3.63, 3.8) is 0 Å². The minimum Gasteiger partial charge on any atom is -0.455 e. The van der Waals surface area contributed by atoms with Crippen molar-refractivity contribution >= 4 is 39.2 Å². The van der Waals surface area contributed by atoms with Gasteiger partial charge in [0.15, 0.2) is 0 Å². The highest BCUT2D eigenvalue weighted by molar-refractivity contribution is 9.10. The first-order chi connectivity index (χ1) is 9.41. The van der Waals surface area contributed by atoms with Crippen LogP contribution in [-0.4, -0.2) is 15.7 Å². The standard InChI is InChI=1S/C13H13BrClN3O2/c1-7-11(14)10(18(2)17-7)6-20-13(19)8-4-3-5-9(15)12(8)16/h3-5H,6,16H2,1-2H3. The van der Waals surface area contributed by atoms with Crippen LogP contribution in [0, 0.1) is 6.92 Å². The number of esters is 1. The van der Waals surface area contributed by atoms with Gasteiger partial charge in [0, 0.05) is 7.05 Å². The Balaban J connectivity index is 2.15. The quantitative estimate of drug-likeness (QED) is 0.676. The number of para-hydroxylation sites is 1. The van der Waals surface area contributed by atoms with E-state index in [1.807, 2.05) is 6.92 Å². The van der Waals surface area contributed by atoms with Gasteiger partial charge in [-0.05, 0) is 35.0 Å². The summed E-state index contributed by atoms with van der Waals surface area (Å²) in [5.74, 6) is -0.518. The number of nitrogens with zero attached hydrogens (tertiary/aromatic N) is 2. The number of carbonyl (C=O) groups is 1. The molecular weight excluding hydrogens is 346 g/mol. The number of halogens is 2. The van der Waals surface area contributed by atoms with Gasteiger partial charge in [0.1, 0.15) is 6.61 Å². The van der Waals surface area contributed by atoms with Gasteiger partial charge in [-0.1, -0.05) is 17.7 Å². The molecule has 0 spiro atoms. The van der Waals surface area contributed by atoms with Gasteiger partial charge in [0.2, 0.25) is 0 Å². The fourth-order valence-corrected chi connectivity index (χ4v) is 2.39. The predicted octanol–water partition coefficient (Wildman–Crippen LogP) is 3.08. The lowest BCUT2D eigenvalue weighted by molar-refractivity contribution is 0.0464. The molecule has 20 heavy (non-hydrogen) atoms. The fraction of sp³-hybridized carbons (Fsp3) is 0.231. The normalized spacial score (nSPS) is 10.6. The van der Waals surface area contributed by atoms with Crippen molar-refractivity contribution in [1.29, 1.82) is 0 Å². The highest BCUT2D eigenvalue weighted by Crippen LogP contribution is 2.24. The van der Waals surface area contributed by atoms with Crippen molar-refractivity contribution in [3.05, 3.63) is 44.6 Å². The molecule has 0 saturated carbocycles. The largest absolute Gasteiger partial charge is 0.455 e. The Bertz CT molecular complexity index is 670. The third-order valence-electron chi connectivity index (χ3n) is 2.87. The van der Waals surface area contributed by atoms with Crippen molar-refractivity contribution in [3.8, 4) is 0 Å². The van der Waals surface area contributed by atoms with E-state index in [0.717, 1.165) is 15.9 Å². The number of ether oxygens (including phenoxy) is 1. The van der Waals surface area contributed by atoms with E-state index in [4.69, 9.17) is 22.1 Å². The molecule has 1 aromatic carbocycles. The summed E-state index contributed by atoms with van der Waals surface area (Å²) in [5, 5.41) is 4.56. The molecule has 0 amide bonds. The van der Waals surface area contributed by atoms with Crippen LogP contribution in [0.1, 0.15) is 21.7 Å². The average Bonchev–Trinajstić information content (AvgIpc) is 2.64. The second kappa shape index (κ2) is 5.85. The van der Waals surface area contributed by atoms with Crippen LogP contribution < -0.4 is 5.73 Å². The van der Waals surface area contributed by atoms with E-state index in [-0.39, 0.29) is 17.9 Å². The number of anilines is 1. The number of aromatic nitrogens is 2. The molecule has 0 bridgehead atoms. The smallest absolute Gasteiger partial charge is 0.340 e. The maximum Gasteiger partial charge on any atom is 0.340 e. The summed E-state index contributed by atoms with van der Waals surface area (Å²) in [4.78, 5) is 12.0. The van der Waals surface area contributed by atoms with E-state index < -0.39 is 5.97 Å². The van der Waals surface area contributed by atoms with Crippen LogP contribution in [0.25, 0.3) is 0 Å². The van der Waals surface area contributed by atoms with Crippen LogP contribution >= 0.6 is 27.5 Å². The summed E-state index contributed by atoms with van der Waals surface area (Å²) in [5.41, 5.74) is 7.84. The summed E-state index contributed by atoms with van der Waals surface area (Å²) in [7, 11) is 1.79. The third-order valence-corrected chi connectivity index (χ3v) is 4.24. The van der Waals surface area contributed by atoms with Crippen molar-refractivity contribution in [2.75, 3.05) is 5.73 Å². The summed E-state index contributed by atoms with van der Waals surface area (Å²) < 4.78 is 7.74. The Morgan fingerprint density at radius 2 is 2.25 bits per heavy atom. The van der Waals surface area contributed by atoms with E-state index in [9.17, 15) is 4.79 Å². The molecule has 1 aromatic heterocycles. The first-order valence-corrected chi connectivity index (χ1v) is 6.98. The van der Waals surface area contributed by atoms with Crippen LogP contribution in [0.5, 0.6) is 0 Å². The SMILES string of the molecule is Cc1nn(C)c(COC(=O)c2cccc(Cl)c2N)c1Br. The number of nitrogen functional groups attached to an aromatic ring is 1. The number of carbonyl (C=O) groups excluding carboxylic acids is 1.